The van der Waals surface area contributed by atoms with Gasteiger partial charge in [0.15, 0.2) is 12.1 Å². The Morgan fingerprint density at radius 1 is 0.765 bits per heavy atom. The molecule has 1 aliphatic heterocycles. The van der Waals surface area contributed by atoms with Crippen LogP contribution in [0.3, 0.4) is 0 Å². The van der Waals surface area contributed by atoms with Crippen molar-refractivity contribution in [3.63, 3.8) is 0 Å². The van der Waals surface area contributed by atoms with Gasteiger partial charge in [0.2, 0.25) is 8.32 Å². The standard InChI is InChI=1S/C28H57IO3Si2/c1-19(2)33(20(3)4,21(5)6)30-17-15-14-16-26-25(13)27(18-28(29)31-26)32-34(22(7)8,23(9)10)24(11)12/h18-27H,14-17H2,1-13H3/t25-,26+,27-/m0/s1. The lowest BCUT2D eigenvalue weighted by atomic mass is 9.92. The highest BCUT2D eigenvalue weighted by molar-refractivity contribution is 14.1. The largest absolute Gasteiger partial charge is 0.484 e. The van der Waals surface area contributed by atoms with Crippen LogP contribution in [-0.2, 0) is 13.6 Å². The van der Waals surface area contributed by atoms with Crippen molar-refractivity contribution in [1.29, 1.82) is 0 Å². The van der Waals surface area contributed by atoms with E-state index in [0.29, 0.717) is 39.2 Å². The van der Waals surface area contributed by atoms with E-state index in [0.717, 1.165) is 29.6 Å². The van der Waals surface area contributed by atoms with Gasteiger partial charge in [-0.05, 0) is 81.2 Å². The molecule has 0 aliphatic carbocycles. The second-order valence-electron chi connectivity index (χ2n) is 12.5. The lowest BCUT2D eigenvalue weighted by Crippen LogP contribution is -2.52. The highest BCUT2D eigenvalue weighted by atomic mass is 127. The van der Waals surface area contributed by atoms with Crippen LogP contribution in [0.4, 0.5) is 0 Å². The van der Waals surface area contributed by atoms with Crippen LogP contribution < -0.4 is 0 Å². The van der Waals surface area contributed by atoms with Gasteiger partial charge in [-0.1, -0.05) is 90.0 Å². The molecule has 0 amide bonds. The second kappa shape index (κ2) is 14.0. The Kier molecular flexibility index (Phi) is 13.4. The molecule has 0 spiro atoms. The third-order valence-electron chi connectivity index (χ3n) is 8.65. The fraction of sp³-hybridized carbons (Fsp3) is 0.929. The van der Waals surface area contributed by atoms with Crippen LogP contribution in [0.1, 0.15) is 109 Å². The van der Waals surface area contributed by atoms with Crippen molar-refractivity contribution in [3.8, 4) is 0 Å². The Morgan fingerprint density at radius 2 is 1.21 bits per heavy atom. The van der Waals surface area contributed by atoms with E-state index in [-0.39, 0.29) is 12.2 Å². The molecule has 34 heavy (non-hydrogen) atoms. The van der Waals surface area contributed by atoms with E-state index in [1.54, 1.807) is 0 Å². The molecule has 1 heterocycles. The van der Waals surface area contributed by atoms with E-state index in [1.807, 2.05) is 0 Å². The highest BCUT2D eigenvalue weighted by Crippen LogP contribution is 2.46. The molecule has 3 atom stereocenters. The van der Waals surface area contributed by atoms with Crippen molar-refractivity contribution < 1.29 is 13.6 Å². The van der Waals surface area contributed by atoms with Gasteiger partial charge in [0.25, 0.3) is 0 Å². The molecule has 0 aromatic heterocycles. The molecule has 0 bridgehead atoms. The number of unbranched alkanes of at least 4 members (excludes halogenated alkanes) is 1. The van der Waals surface area contributed by atoms with E-state index < -0.39 is 16.6 Å². The summed E-state index contributed by atoms with van der Waals surface area (Å²) in [6, 6.07) is 0. The van der Waals surface area contributed by atoms with Gasteiger partial charge in [-0.15, -0.1) is 0 Å². The van der Waals surface area contributed by atoms with E-state index in [9.17, 15) is 0 Å². The molecule has 0 fully saturated rings. The molecule has 202 valence electrons. The van der Waals surface area contributed by atoms with Crippen LogP contribution in [0.15, 0.2) is 9.84 Å². The molecule has 0 saturated carbocycles. The Balaban J connectivity index is 2.81. The predicted octanol–water partition coefficient (Wildman–Crippen LogP) is 10.2. The van der Waals surface area contributed by atoms with Crippen molar-refractivity contribution in [2.24, 2.45) is 5.92 Å². The third-order valence-corrected chi connectivity index (χ3v) is 21.5. The molecule has 3 nitrogen and oxygen atoms in total. The minimum Gasteiger partial charge on any atom is -0.484 e. The topological polar surface area (TPSA) is 27.7 Å². The van der Waals surface area contributed by atoms with Crippen LogP contribution in [0.2, 0.25) is 33.2 Å². The monoisotopic (exact) mass is 624 g/mol. The summed E-state index contributed by atoms with van der Waals surface area (Å²) in [5.41, 5.74) is 3.72. The first-order valence-electron chi connectivity index (χ1n) is 14.0. The zero-order valence-electron chi connectivity index (χ0n) is 24.7. The van der Waals surface area contributed by atoms with Crippen molar-refractivity contribution in [3.05, 3.63) is 9.84 Å². The minimum absolute atomic E-state index is 0.156. The SMILES string of the molecule is CC(C)[Si](OCCCC[C@H]1OC(I)=C[C@H](O[Si](C(C)C)(C(C)C)C(C)C)[C@H]1C)(C(C)C)C(C)C. The zero-order valence-corrected chi connectivity index (χ0v) is 28.9. The molecule has 0 unspecified atom stereocenters. The molecule has 6 heteroatoms. The van der Waals surface area contributed by atoms with Gasteiger partial charge in [0.05, 0.1) is 6.10 Å². The van der Waals surface area contributed by atoms with Gasteiger partial charge in [-0.3, -0.25) is 0 Å². The Bertz CT molecular complexity index is 588. The van der Waals surface area contributed by atoms with Crippen molar-refractivity contribution >= 4 is 39.2 Å². The number of rotatable bonds is 14. The summed E-state index contributed by atoms with van der Waals surface area (Å²) in [5, 5.41) is 0. The van der Waals surface area contributed by atoms with Crippen LogP contribution in [-0.4, -0.2) is 35.4 Å². The molecule has 0 saturated heterocycles. The van der Waals surface area contributed by atoms with E-state index >= 15 is 0 Å². The number of halogens is 1. The highest BCUT2D eigenvalue weighted by Gasteiger charge is 2.48. The van der Waals surface area contributed by atoms with E-state index in [1.165, 1.54) is 0 Å². The Labute approximate surface area is 229 Å². The summed E-state index contributed by atoms with van der Waals surface area (Å²) < 4.78 is 21.3. The predicted molar refractivity (Wildman–Crippen MR) is 163 cm³/mol. The first-order valence-corrected chi connectivity index (χ1v) is 19.4. The second-order valence-corrected chi connectivity index (χ2v) is 24.5. The molecule has 1 rings (SSSR count). The number of ether oxygens (including phenoxy) is 1. The Hall–Kier alpha value is 0.624. The van der Waals surface area contributed by atoms with Crippen LogP contribution in [0.5, 0.6) is 0 Å². The van der Waals surface area contributed by atoms with Gasteiger partial charge in [0.1, 0.15) is 6.10 Å². The summed E-state index contributed by atoms with van der Waals surface area (Å²) in [7, 11) is -3.70. The lowest BCUT2D eigenvalue weighted by Gasteiger charge is -2.47. The van der Waals surface area contributed by atoms with Gasteiger partial charge in [0, 0.05) is 12.5 Å². The molecular formula is C28H57IO3Si2. The maximum Gasteiger partial charge on any atom is 0.201 e. The average molecular weight is 625 g/mol. The molecule has 1 aliphatic rings. The van der Waals surface area contributed by atoms with E-state index in [4.69, 9.17) is 13.6 Å². The average Bonchev–Trinajstić information content (AvgIpc) is 2.69. The van der Waals surface area contributed by atoms with Crippen molar-refractivity contribution in [2.75, 3.05) is 6.61 Å². The molecule has 0 radical (unpaired) electrons. The first-order chi connectivity index (χ1) is 15.6. The molecule has 0 N–H and O–H groups in total. The Morgan fingerprint density at radius 3 is 1.62 bits per heavy atom. The molecule has 0 aromatic carbocycles. The molecular weight excluding hydrogens is 567 g/mol. The fourth-order valence-corrected chi connectivity index (χ4v) is 18.8. The van der Waals surface area contributed by atoms with Gasteiger partial charge >= 0.3 is 0 Å². The maximum absolute atomic E-state index is 7.19. The quantitative estimate of drug-likeness (QED) is 0.109. The molecule has 0 aromatic rings. The van der Waals surface area contributed by atoms with Gasteiger partial charge < -0.3 is 13.6 Å². The fourth-order valence-electron chi connectivity index (χ4n) is 7.09. The summed E-state index contributed by atoms with van der Waals surface area (Å²) in [6.45, 7) is 31.7. The van der Waals surface area contributed by atoms with Crippen molar-refractivity contribution in [1.82, 2.24) is 0 Å². The minimum atomic E-state index is -1.93. The number of hydrogen-bond acceptors (Lipinski definition) is 3. The van der Waals surface area contributed by atoms with Crippen LogP contribution in [0, 0.1) is 5.92 Å². The zero-order chi connectivity index (χ0) is 26.4. The normalized spacial score (nSPS) is 22.5. The lowest BCUT2D eigenvalue weighted by molar-refractivity contribution is 0.00612. The maximum atomic E-state index is 7.19. The summed E-state index contributed by atoms with van der Waals surface area (Å²) in [5.74, 6) is 0.373. The number of hydrogen-bond donors (Lipinski definition) is 0. The summed E-state index contributed by atoms with van der Waals surface area (Å²) in [6.07, 6.45) is 5.95. The van der Waals surface area contributed by atoms with Gasteiger partial charge in [-0.2, -0.15) is 0 Å². The van der Waals surface area contributed by atoms with E-state index in [2.05, 4.69) is 119 Å². The summed E-state index contributed by atoms with van der Waals surface area (Å²) in [4.78, 5) is 0. The summed E-state index contributed by atoms with van der Waals surface area (Å²) >= 11 is 2.36. The van der Waals surface area contributed by atoms with Crippen LogP contribution >= 0.6 is 22.6 Å². The smallest absolute Gasteiger partial charge is 0.201 e. The third kappa shape index (κ3) is 7.35. The first kappa shape index (κ1) is 32.7. The van der Waals surface area contributed by atoms with Crippen LogP contribution in [0.25, 0.3) is 0 Å². The van der Waals surface area contributed by atoms with Gasteiger partial charge in [-0.25, -0.2) is 0 Å². The van der Waals surface area contributed by atoms with Crippen molar-refractivity contribution in [2.45, 2.75) is 155 Å².